The fourth-order valence-electron chi connectivity index (χ4n) is 2.38. The third kappa shape index (κ3) is 2.18. The molecule has 0 radical (unpaired) electrons. The van der Waals surface area contributed by atoms with Crippen molar-refractivity contribution in [2.24, 2.45) is 0 Å². The lowest BCUT2D eigenvalue weighted by atomic mass is 10.2. The summed E-state index contributed by atoms with van der Waals surface area (Å²) in [5.41, 5.74) is 1.19. The van der Waals surface area contributed by atoms with Crippen LogP contribution in [0.2, 0.25) is 0 Å². The number of para-hydroxylation sites is 1. The van der Waals surface area contributed by atoms with Crippen LogP contribution in [0.15, 0.2) is 47.4 Å². The summed E-state index contributed by atoms with van der Waals surface area (Å²) in [4.78, 5) is 29.1. The Balaban J connectivity index is 2.29. The van der Waals surface area contributed by atoms with Crippen LogP contribution in [0.3, 0.4) is 0 Å². The summed E-state index contributed by atoms with van der Waals surface area (Å²) in [6.07, 6.45) is 1.74. The zero-order valence-corrected chi connectivity index (χ0v) is 12.3. The van der Waals surface area contributed by atoms with E-state index in [0.717, 1.165) is 5.69 Å². The molecule has 0 atom stereocenters. The second-order valence-electron chi connectivity index (χ2n) is 4.76. The number of esters is 1. The van der Waals surface area contributed by atoms with Crippen molar-refractivity contribution in [1.82, 2.24) is 14.2 Å². The molecule has 0 aliphatic rings. The van der Waals surface area contributed by atoms with E-state index < -0.39 is 11.5 Å². The van der Waals surface area contributed by atoms with Gasteiger partial charge in [0.2, 0.25) is 0 Å². The number of benzene rings is 1. The molecule has 0 amide bonds. The van der Waals surface area contributed by atoms with Gasteiger partial charge in [-0.3, -0.25) is 9.48 Å². The van der Waals surface area contributed by atoms with Crippen LogP contribution in [0, 0.1) is 6.92 Å². The summed E-state index contributed by atoms with van der Waals surface area (Å²) in [6, 6.07) is 11.1. The Hall–Kier alpha value is -2.89. The maximum Gasteiger partial charge on any atom is 0.345 e. The normalized spacial score (nSPS) is 10.8. The van der Waals surface area contributed by atoms with Crippen molar-refractivity contribution >= 4 is 11.6 Å². The number of hydrogen-bond acceptors (Lipinski definition) is 4. The first kappa shape index (κ1) is 14.1. The molecule has 0 saturated carbocycles. The molecular formula is C16H15N3O3. The lowest BCUT2D eigenvalue weighted by Crippen LogP contribution is -2.29. The zero-order chi connectivity index (χ0) is 15.7. The van der Waals surface area contributed by atoms with Crippen molar-refractivity contribution in [3.05, 3.63) is 64.2 Å². The predicted octanol–water partition coefficient (Wildman–Crippen LogP) is 1.97. The first-order chi connectivity index (χ1) is 10.6. The van der Waals surface area contributed by atoms with Gasteiger partial charge in [-0.1, -0.05) is 18.2 Å². The quantitative estimate of drug-likeness (QED) is 0.693. The Kier molecular flexibility index (Phi) is 3.50. The molecule has 1 aromatic carbocycles. The summed E-state index contributed by atoms with van der Waals surface area (Å²) in [5, 5.41) is 0. The van der Waals surface area contributed by atoms with Gasteiger partial charge in [0.25, 0.3) is 5.56 Å². The number of carbonyl (C=O) groups is 1. The fourth-order valence-corrected chi connectivity index (χ4v) is 2.38. The van der Waals surface area contributed by atoms with E-state index in [1.165, 1.54) is 4.52 Å². The maximum atomic E-state index is 12.7. The van der Waals surface area contributed by atoms with E-state index in [4.69, 9.17) is 4.74 Å². The van der Waals surface area contributed by atoms with Crippen molar-refractivity contribution in [2.45, 2.75) is 13.8 Å². The number of fused-ring (bicyclic) bond motifs is 1. The molecule has 6 heteroatoms. The zero-order valence-electron chi connectivity index (χ0n) is 12.3. The number of nitrogens with zero attached hydrogens (tertiary/aromatic N) is 3. The van der Waals surface area contributed by atoms with Crippen molar-refractivity contribution < 1.29 is 9.53 Å². The molecule has 0 spiro atoms. The molecule has 0 aliphatic carbocycles. The molecular weight excluding hydrogens is 282 g/mol. The fraction of sp³-hybridized carbons (Fsp3) is 0.188. The molecule has 0 aliphatic heterocycles. The molecule has 112 valence electrons. The van der Waals surface area contributed by atoms with Crippen LogP contribution in [-0.4, -0.2) is 26.8 Å². The van der Waals surface area contributed by atoms with E-state index in [-0.39, 0.29) is 12.2 Å². The van der Waals surface area contributed by atoms with E-state index in [0.29, 0.717) is 11.3 Å². The molecule has 3 rings (SSSR count). The summed E-state index contributed by atoms with van der Waals surface area (Å²) in [7, 11) is 0. The predicted molar refractivity (Wildman–Crippen MR) is 81.5 cm³/mol. The van der Waals surface area contributed by atoms with Gasteiger partial charge in [-0.2, -0.15) is 4.52 Å². The third-order valence-corrected chi connectivity index (χ3v) is 3.35. The number of aromatic nitrogens is 3. The van der Waals surface area contributed by atoms with Crippen molar-refractivity contribution in [1.29, 1.82) is 0 Å². The van der Waals surface area contributed by atoms with Gasteiger partial charge >= 0.3 is 5.97 Å². The minimum absolute atomic E-state index is 0.0322. The molecule has 0 saturated heterocycles. The third-order valence-electron chi connectivity index (χ3n) is 3.35. The smallest absolute Gasteiger partial charge is 0.345 e. The summed E-state index contributed by atoms with van der Waals surface area (Å²) >= 11 is 0. The molecule has 2 heterocycles. The second-order valence-corrected chi connectivity index (χ2v) is 4.76. The molecule has 2 aromatic heterocycles. The Morgan fingerprint density at radius 3 is 2.64 bits per heavy atom. The Morgan fingerprint density at radius 1 is 1.23 bits per heavy atom. The highest BCUT2D eigenvalue weighted by molar-refractivity contribution is 5.90. The van der Waals surface area contributed by atoms with Gasteiger partial charge in [0, 0.05) is 12.3 Å². The monoisotopic (exact) mass is 297 g/mol. The van der Waals surface area contributed by atoms with Crippen LogP contribution < -0.4 is 5.56 Å². The summed E-state index contributed by atoms with van der Waals surface area (Å²) < 4.78 is 7.99. The van der Waals surface area contributed by atoms with E-state index >= 15 is 0 Å². The van der Waals surface area contributed by atoms with Crippen molar-refractivity contribution in [3.8, 4) is 5.69 Å². The topological polar surface area (TPSA) is 65.6 Å². The van der Waals surface area contributed by atoms with Gasteiger partial charge in [0.1, 0.15) is 5.56 Å². The number of hydrogen-bond donors (Lipinski definition) is 0. The lowest BCUT2D eigenvalue weighted by molar-refractivity contribution is 0.0522. The number of carbonyl (C=O) groups excluding carboxylic acids is 1. The molecule has 0 N–H and O–H groups in total. The van der Waals surface area contributed by atoms with Crippen LogP contribution in [-0.2, 0) is 4.74 Å². The van der Waals surface area contributed by atoms with Gasteiger partial charge in [-0.05, 0) is 26.0 Å². The highest BCUT2D eigenvalue weighted by atomic mass is 16.5. The van der Waals surface area contributed by atoms with E-state index in [9.17, 15) is 9.59 Å². The van der Waals surface area contributed by atoms with Gasteiger partial charge in [0.05, 0.1) is 18.0 Å². The lowest BCUT2D eigenvalue weighted by Gasteiger charge is -2.09. The molecule has 0 fully saturated rings. The highest BCUT2D eigenvalue weighted by Gasteiger charge is 2.20. The van der Waals surface area contributed by atoms with Crippen LogP contribution in [0.4, 0.5) is 0 Å². The van der Waals surface area contributed by atoms with E-state index in [1.807, 2.05) is 30.3 Å². The number of aryl methyl sites for hydroxylation is 1. The highest BCUT2D eigenvalue weighted by Crippen LogP contribution is 2.11. The molecule has 3 aromatic rings. The Bertz CT molecular complexity index is 894. The van der Waals surface area contributed by atoms with Gasteiger partial charge in [-0.15, -0.1) is 0 Å². The second kappa shape index (κ2) is 5.48. The summed E-state index contributed by atoms with van der Waals surface area (Å²) in [6.45, 7) is 3.54. The van der Waals surface area contributed by atoms with E-state index in [1.54, 1.807) is 30.8 Å². The average Bonchev–Trinajstić information content (AvgIpc) is 2.92. The van der Waals surface area contributed by atoms with Crippen LogP contribution in [0.5, 0.6) is 0 Å². The summed E-state index contributed by atoms with van der Waals surface area (Å²) in [5.74, 6) is -0.646. The van der Waals surface area contributed by atoms with Gasteiger partial charge in [0.15, 0.2) is 5.65 Å². The maximum absolute atomic E-state index is 12.7. The average molecular weight is 297 g/mol. The largest absolute Gasteiger partial charge is 0.462 e. The Morgan fingerprint density at radius 2 is 1.95 bits per heavy atom. The van der Waals surface area contributed by atoms with Crippen LogP contribution >= 0.6 is 0 Å². The van der Waals surface area contributed by atoms with E-state index in [2.05, 4.69) is 4.98 Å². The Labute approximate surface area is 126 Å². The van der Waals surface area contributed by atoms with Crippen molar-refractivity contribution in [2.75, 3.05) is 6.61 Å². The minimum Gasteiger partial charge on any atom is -0.462 e. The van der Waals surface area contributed by atoms with Crippen molar-refractivity contribution in [3.63, 3.8) is 0 Å². The van der Waals surface area contributed by atoms with Crippen LogP contribution in [0.25, 0.3) is 11.3 Å². The minimum atomic E-state index is -0.646. The number of rotatable bonds is 3. The molecule has 6 nitrogen and oxygen atoms in total. The first-order valence-electron chi connectivity index (χ1n) is 6.97. The SMILES string of the molecule is CCOC(=O)c1c(C)nc2ccn(-c3ccccc3)n2c1=O. The first-order valence-corrected chi connectivity index (χ1v) is 6.97. The number of ether oxygens (including phenoxy) is 1. The van der Waals surface area contributed by atoms with Gasteiger partial charge in [-0.25, -0.2) is 9.78 Å². The van der Waals surface area contributed by atoms with Crippen LogP contribution in [0.1, 0.15) is 23.0 Å². The molecule has 0 bridgehead atoms. The van der Waals surface area contributed by atoms with Gasteiger partial charge < -0.3 is 4.74 Å². The molecule has 0 unspecified atom stereocenters. The standard InChI is InChI=1S/C16H15N3O3/c1-3-22-16(21)14-11(2)17-13-9-10-18(19(13)15(14)20)12-7-5-4-6-8-12/h4-10H,3H2,1-2H3. The molecule has 22 heavy (non-hydrogen) atoms.